The summed E-state index contributed by atoms with van der Waals surface area (Å²) in [6.45, 7) is 3.44. The van der Waals surface area contributed by atoms with Crippen molar-refractivity contribution in [3.8, 4) is 0 Å². The monoisotopic (exact) mass is 366 g/mol. The SMILES string of the molecule is CC1CCN(S(=O)(=O)c2cn(CC(=O)NCc3ccco3)cn2)CC1. The number of furan rings is 1. The molecule has 2 aromatic heterocycles. The van der Waals surface area contributed by atoms with Crippen molar-refractivity contribution in [1.82, 2.24) is 19.2 Å². The lowest BCUT2D eigenvalue weighted by molar-refractivity contribution is -0.121. The second kappa shape index (κ2) is 7.40. The molecule has 25 heavy (non-hydrogen) atoms. The lowest BCUT2D eigenvalue weighted by atomic mass is 10.0. The van der Waals surface area contributed by atoms with E-state index in [0.717, 1.165) is 12.8 Å². The van der Waals surface area contributed by atoms with Crippen molar-refractivity contribution in [3.63, 3.8) is 0 Å². The smallest absolute Gasteiger partial charge is 0.262 e. The quantitative estimate of drug-likeness (QED) is 0.829. The molecule has 0 radical (unpaired) electrons. The topological polar surface area (TPSA) is 97.4 Å². The van der Waals surface area contributed by atoms with Gasteiger partial charge in [-0.25, -0.2) is 13.4 Å². The van der Waals surface area contributed by atoms with Gasteiger partial charge in [0.15, 0.2) is 5.03 Å². The van der Waals surface area contributed by atoms with Crippen LogP contribution < -0.4 is 5.32 Å². The van der Waals surface area contributed by atoms with Crippen LogP contribution in [-0.2, 0) is 27.9 Å². The van der Waals surface area contributed by atoms with E-state index in [1.54, 1.807) is 12.1 Å². The minimum Gasteiger partial charge on any atom is -0.467 e. The largest absolute Gasteiger partial charge is 0.467 e. The highest BCUT2D eigenvalue weighted by Gasteiger charge is 2.29. The Morgan fingerprint density at radius 3 is 2.84 bits per heavy atom. The molecule has 1 amide bonds. The fourth-order valence-corrected chi connectivity index (χ4v) is 4.14. The number of aromatic nitrogens is 2. The Labute approximate surface area is 146 Å². The average molecular weight is 366 g/mol. The maximum absolute atomic E-state index is 12.6. The van der Waals surface area contributed by atoms with E-state index < -0.39 is 10.0 Å². The molecule has 0 atom stereocenters. The maximum Gasteiger partial charge on any atom is 0.262 e. The molecule has 2 aromatic rings. The van der Waals surface area contributed by atoms with Crippen LogP contribution >= 0.6 is 0 Å². The average Bonchev–Trinajstić information content (AvgIpc) is 3.25. The zero-order chi connectivity index (χ0) is 17.9. The summed E-state index contributed by atoms with van der Waals surface area (Å²) in [5, 5.41) is 2.70. The van der Waals surface area contributed by atoms with E-state index in [1.807, 2.05) is 0 Å². The zero-order valence-corrected chi connectivity index (χ0v) is 14.9. The first-order valence-corrected chi connectivity index (χ1v) is 9.70. The molecule has 8 nitrogen and oxygen atoms in total. The number of nitrogens with zero attached hydrogens (tertiary/aromatic N) is 3. The minimum atomic E-state index is -3.59. The van der Waals surface area contributed by atoms with Crippen LogP contribution in [0.4, 0.5) is 0 Å². The van der Waals surface area contributed by atoms with E-state index in [9.17, 15) is 13.2 Å². The second-order valence-electron chi connectivity index (χ2n) is 6.33. The summed E-state index contributed by atoms with van der Waals surface area (Å²) in [5.74, 6) is 0.952. The van der Waals surface area contributed by atoms with Crippen molar-refractivity contribution < 1.29 is 17.6 Å². The lowest BCUT2D eigenvalue weighted by Gasteiger charge is -2.28. The summed E-state index contributed by atoms with van der Waals surface area (Å²) in [6, 6.07) is 3.51. The first-order chi connectivity index (χ1) is 11.9. The molecule has 0 spiro atoms. The van der Waals surface area contributed by atoms with Gasteiger partial charge in [-0.1, -0.05) is 6.92 Å². The molecule has 0 aliphatic carbocycles. The lowest BCUT2D eigenvalue weighted by Crippen LogP contribution is -2.38. The fourth-order valence-electron chi connectivity index (χ4n) is 2.74. The minimum absolute atomic E-state index is 0.000261. The number of sulfonamides is 1. The van der Waals surface area contributed by atoms with Gasteiger partial charge in [-0.15, -0.1) is 0 Å². The third kappa shape index (κ3) is 4.29. The van der Waals surface area contributed by atoms with E-state index in [2.05, 4.69) is 17.2 Å². The Bertz CT molecular complexity index is 805. The Morgan fingerprint density at radius 2 is 2.16 bits per heavy atom. The zero-order valence-electron chi connectivity index (χ0n) is 14.1. The van der Waals surface area contributed by atoms with Crippen LogP contribution in [0.2, 0.25) is 0 Å². The van der Waals surface area contributed by atoms with Crippen molar-refractivity contribution in [3.05, 3.63) is 36.7 Å². The molecule has 1 saturated heterocycles. The number of carbonyl (C=O) groups is 1. The molecule has 1 aliphatic heterocycles. The van der Waals surface area contributed by atoms with Crippen molar-refractivity contribution >= 4 is 15.9 Å². The van der Waals surface area contributed by atoms with Gasteiger partial charge in [0.2, 0.25) is 5.91 Å². The maximum atomic E-state index is 12.6. The van der Waals surface area contributed by atoms with E-state index in [1.165, 1.54) is 27.7 Å². The van der Waals surface area contributed by atoms with Crippen molar-refractivity contribution in [2.75, 3.05) is 13.1 Å². The summed E-state index contributed by atoms with van der Waals surface area (Å²) in [7, 11) is -3.59. The molecule has 3 rings (SSSR count). The van der Waals surface area contributed by atoms with Crippen LogP contribution in [0, 0.1) is 5.92 Å². The number of carbonyl (C=O) groups excluding carboxylic acids is 1. The van der Waals surface area contributed by atoms with Gasteiger partial charge in [0.05, 0.1) is 19.1 Å². The molecular formula is C16H22N4O4S. The molecule has 136 valence electrons. The third-order valence-corrected chi connectivity index (χ3v) is 6.11. The van der Waals surface area contributed by atoms with Crippen LogP contribution in [0.1, 0.15) is 25.5 Å². The molecule has 1 N–H and O–H groups in total. The Morgan fingerprint density at radius 1 is 1.40 bits per heavy atom. The van der Waals surface area contributed by atoms with Gasteiger partial charge in [0.1, 0.15) is 12.3 Å². The Kier molecular flexibility index (Phi) is 5.24. The van der Waals surface area contributed by atoms with Gasteiger partial charge in [-0.05, 0) is 30.9 Å². The Hall–Kier alpha value is -2.13. The Balaban J connectivity index is 1.58. The number of rotatable bonds is 6. The van der Waals surface area contributed by atoms with Gasteiger partial charge in [-0.2, -0.15) is 4.31 Å². The molecule has 1 fully saturated rings. The highest BCUT2D eigenvalue weighted by Crippen LogP contribution is 2.22. The standard InChI is InChI=1S/C16H22N4O4S/c1-13-4-6-20(7-5-13)25(22,23)16-11-19(12-18-16)10-15(21)17-9-14-3-2-8-24-14/h2-3,8,11-13H,4-7,9-10H2,1H3,(H,17,21). The predicted molar refractivity (Wildman–Crippen MR) is 89.9 cm³/mol. The summed E-state index contributed by atoms with van der Waals surface area (Å²) < 4.78 is 33.3. The molecule has 1 aliphatic rings. The van der Waals surface area contributed by atoms with Gasteiger partial charge < -0.3 is 14.3 Å². The number of hydrogen-bond acceptors (Lipinski definition) is 5. The molecule has 0 bridgehead atoms. The van der Waals surface area contributed by atoms with E-state index in [0.29, 0.717) is 24.8 Å². The van der Waals surface area contributed by atoms with E-state index in [-0.39, 0.29) is 24.0 Å². The van der Waals surface area contributed by atoms with Gasteiger partial charge in [0.25, 0.3) is 10.0 Å². The van der Waals surface area contributed by atoms with Gasteiger partial charge in [-0.3, -0.25) is 4.79 Å². The highest BCUT2D eigenvalue weighted by atomic mass is 32.2. The number of hydrogen-bond donors (Lipinski definition) is 1. The first-order valence-electron chi connectivity index (χ1n) is 8.26. The van der Waals surface area contributed by atoms with Gasteiger partial charge in [0, 0.05) is 19.3 Å². The fraction of sp³-hybridized carbons (Fsp3) is 0.500. The molecule has 0 unspecified atom stereocenters. The predicted octanol–water partition coefficient (Wildman–Crippen LogP) is 1.21. The molecule has 0 saturated carbocycles. The van der Waals surface area contributed by atoms with Crippen LogP contribution in [0.15, 0.2) is 40.4 Å². The molecular weight excluding hydrogens is 344 g/mol. The second-order valence-corrected chi connectivity index (χ2v) is 8.21. The number of piperidine rings is 1. The van der Waals surface area contributed by atoms with Crippen LogP contribution in [-0.4, -0.2) is 41.3 Å². The summed E-state index contributed by atoms with van der Waals surface area (Å²) in [6.07, 6.45) is 6.02. The summed E-state index contributed by atoms with van der Waals surface area (Å²) in [4.78, 5) is 15.9. The molecule has 3 heterocycles. The number of nitrogens with one attached hydrogen (secondary N) is 1. The van der Waals surface area contributed by atoms with E-state index in [4.69, 9.17) is 4.42 Å². The highest BCUT2D eigenvalue weighted by molar-refractivity contribution is 7.89. The van der Waals surface area contributed by atoms with Crippen LogP contribution in [0.25, 0.3) is 0 Å². The summed E-state index contributed by atoms with van der Waals surface area (Å²) in [5.41, 5.74) is 0. The van der Waals surface area contributed by atoms with Crippen molar-refractivity contribution in [1.29, 1.82) is 0 Å². The first kappa shape index (κ1) is 17.7. The molecule has 9 heteroatoms. The normalized spacial score (nSPS) is 16.8. The van der Waals surface area contributed by atoms with Crippen LogP contribution in [0.5, 0.6) is 0 Å². The third-order valence-electron chi connectivity index (χ3n) is 4.32. The van der Waals surface area contributed by atoms with E-state index >= 15 is 0 Å². The van der Waals surface area contributed by atoms with Crippen molar-refractivity contribution in [2.24, 2.45) is 5.92 Å². The number of imidazole rings is 1. The van der Waals surface area contributed by atoms with Crippen LogP contribution in [0.3, 0.4) is 0 Å². The number of amides is 1. The van der Waals surface area contributed by atoms with Crippen molar-refractivity contribution in [2.45, 2.75) is 37.9 Å². The van der Waals surface area contributed by atoms with Gasteiger partial charge >= 0.3 is 0 Å². The molecule has 0 aromatic carbocycles. The summed E-state index contributed by atoms with van der Waals surface area (Å²) >= 11 is 0.